The predicted octanol–water partition coefficient (Wildman–Crippen LogP) is 0.753. The Kier molecular flexibility index (Phi) is 4.00. The number of fused-ring (bicyclic) bond motifs is 1. The highest BCUT2D eigenvalue weighted by Crippen LogP contribution is 2.12. The van der Waals surface area contributed by atoms with E-state index >= 15 is 0 Å². The standard InChI is InChI=1S/C15H22N4O/c1-13-2-3-19-14(11-16-15(19)10-13)12-18-6-4-17(5-7-18)8-9-20/h2-3,10-11,20H,4-9,12H2,1H3. The number of piperazine rings is 1. The number of pyridine rings is 1. The molecule has 0 spiro atoms. The third-order valence-electron chi connectivity index (χ3n) is 4.01. The van der Waals surface area contributed by atoms with Crippen molar-refractivity contribution < 1.29 is 5.11 Å². The van der Waals surface area contributed by atoms with Crippen LogP contribution in [0.4, 0.5) is 0 Å². The average molecular weight is 274 g/mol. The van der Waals surface area contributed by atoms with Crippen LogP contribution in [-0.2, 0) is 6.54 Å². The lowest BCUT2D eigenvalue weighted by Crippen LogP contribution is -2.46. The number of aryl methyl sites for hydroxylation is 1. The number of hydrogen-bond donors (Lipinski definition) is 1. The number of hydrogen-bond acceptors (Lipinski definition) is 4. The second-order valence-corrected chi connectivity index (χ2v) is 5.52. The van der Waals surface area contributed by atoms with Crippen molar-refractivity contribution in [1.82, 2.24) is 19.2 Å². The fourth-order valence-electron chi connectivity index (χ4n) is 2.79. The number of rotatable bonds is 4. The summed E-state index contributed by atoms with van der Waals surface area (Å²) in [7, 11) is 0. The highest BCUT2D eigenvalue weighted by molar-refractivity contribution is 5.42. The third kappa shape index (κ3) is 2.85. The quantitative estimate of drug-likeness (QED) is 0.894. The van der Waals surface area contributed by atoms with Crippen molar-refractivity contribution in [3.63, 3.8) is 0 Å². The molecule has 108 valence electrons. The number of aromatic nitrogens is 2. The van der Waals surface area contributed by atoms with Gasteiger partial charge in [-0.25, -0.2) is 4.98 Å². The molecule has 2 aromatic rings. The molecule has 0 aromatic carbocycles. The second kappa shape index (κ2) is 5.91. The maximum atomic E-state index is 8.97. The zero-order valence-electron chi connectivity index (χ0n) is 12.0. The van der Waals surface area contributed by atoms with Crippen LogP contribution < -0.4 is 0 Å². The number of imidazole rings is 1. The van der Waals surface area contributed by atoms with E-state index in [1.165, 1.54) is 11.3 Å². The maximum Gasteiger partial charge on any atom is 0.137 e. The summed E-state index contributed by atoms with van der Waals surface area (Å²) in [4.78, 5) is 9.25. The molecule has 0 atom stereocenters. The molecule has 5 nitrogen and oxygen atoms in total. The van der Waals surface area contributed by atoms with Crippen LogP contribution in [-0.4, -0.2) is 63.6 Å². The Bertz CT molecular complexity index is 572. The Morgan fingerprint density at radius 3 is 2.70 bits per heavy atom. The Hall–Kier alpha value is -1.43. The van der Waals surface area contributed by atoms with Gasteiger partial charge in [0.15, 0.2) is 0 Å². The summed E-state index contributed by atoms with van der Waals surface area (Å²) in [6.07, 6.45) is 4.09. The van der Waals surface area contributed by atoms with Gasteiger partial charge in [-0.3, -0.25) is 9.80 Å². The summed E-state index contributed by atoms with van der Waals surface area (Å²) < 4.78 is 2.17. The van der Waals surface area contributed by atoms with E-state index in [4.69, 9.17) is 5.11 Å². The summed E-state index contributed by atoms with van der Waals surface area (Å²) in [6.45, 7) is 8.27. The van der Waals surface area contributed by atoms with Crippen molar-refractivity contribution in [1.29, 1.82) is 0 Å². The van der Waals surface area contributed by atoms with Crippen LogP contribution in [0.2, 0.25) is 0 Å². The summed E-state index contributed by atoms with van der Waals surface area (Å²) >= 11 is 0. The van der Waals surface area contributed by atoms with Gasteiger partial charge in [-0.15, -0.1) is 0 Å². The molecule has 1 aliphatic rings. The Balaban J connectivity index is 1.65. The molecular formula is C15H22N4O. The largest absolute Gasteiger partial charge is 0.395 e. The molecule has 1 aliphatic heterocycles. The third-order valence-corrected chi connectivity index (χ3v) is 4.01. The minimum absolute atomic E-state index is 0.257. The first-order valence-corrected chi connectivity index (χ1v) is 7.24. The van der Waals surface area contributed by atoms with E-state index in [2.05, 4.69) is 44.4 Å². The Morgan fingerprint density at radius 2 is 1.95 bits per heavy atom. The molecule has 20 heavy (non-hydrogen) atoms. The lowest BCUT2D eigenvalue weighted by molar-refractivity contribution is 0.107. The molecule has 1 saturated heterocycles. The van der Waals surface area contributed by atoms with Crippen LogP contribution in [0.25, 0.3) is 5.65 Å². The zero-order chi connectivity index (χ0) is 13.9. The van der Waals surface area contributed by atoms with Gasteiger partial charge in [-0.2, -0.15) is 0 Å². The van der Waals surface area contributed by atoms with Crippen molar-refractivity contribution in [2.24, 2.45) is 0 Å². The van der Waals surface area contributed by atoms with E-state index in [-0.39, 0.29) is 6.61 Å². The zero-order valence-corrected chi connectivity index (χ0v) is 12.0. The van der Waals surface area contributed by atoms with Crippen LogP contribution in [0.5, 0.6) is 0 Å². The highest BCUT2D eigenvalue weighted by atomic mass is 16.3. The molecule has 3 heterocycles. The summed E-state index contributed by atoms with van der Waals surface area (Å²) in [5, 5.41) is 8.97. The van der Waals surface area contributed by atoms with Crippen molar-refractivity contribution in [3.8, 4) is 0 Å². The first-order valence-electron chi connectivity index (χ1n) is 7.24. The topological polar surface area (TPSA) is 44.0 Å². The van der Waals surface area contributed by atoms with Crippen molar-refractivity contribution >= 4 is 5.65 Å². The lowest BCUT2D eigenvalue weighted by Gasteiger charge is -2.34. The molecule has 0 saturated carbocycles. The second-order valence-electron chi connectivity index (χ2n) is 5.52. The van der Waals surface area contributed by atoms with Gasteiger partial charge in [0.1, 0.15) is 5.65 Å². The van der Waals surface area contributed by atoms with E-state index in [0.29, 0.717) is 0 Å². The van der Waals surface area contributed by atoms with Gasteiger partial charge in [0, 0.05) is 45.5 Å². The van der Waals surface area contributed by atoms with Crippen LogP contribution >= 0.6 is 0 Å². The molecular weight excluding hydrogens is 252 g/mol. The van der Waals surface area contributed by atoms with Crippen molar-refractivity contribution in [2.75, 3.05) is 39.3 Å². The summed E-state index contributed by atoms with van der Waals surface area (Å²) in [5.41, 5.74) is 3.52. The van der Waals surface area contributed by atoms with Gasteiger partial charge in [-0.1, -0.05) is 0 Å². The molecule has 3 rings (SSSR count). The monoisotopic (exact) mass is 274 g/mol. The van der Waals surface area contributed by atoms with Gasteiger partial charge in [-0.05, 0) is 24.6 Å². The van der Waals surface area contributed by atoms with E-state index in [1.54, 1.807) is 0 Å². The maximum absolute atomic E-state index is 8.97. The van der Waals surface area contributed by atoms with Crippen molar-refractivity contribution in [2.45, 2.75) is 13.5 Å². The predicted molar refractivity (Wildman–Crippen MR) is 78.7 cm³/mol. The molecule has 5 heteroatoms. The van der Waals surface area contributed by atoms with Crippen LogP contribution in [0, 0.1) is 6.92 Å². The number of β-amino-alcohol motifs (C(OH)–C–C–N with tert-alkyl or cyclic N) is 1. The minimum atomic E-state index is 0.257. The van der Waals surface area contributed by atoms with Gasteiger partial charge in [0.25, 0.3) is 0 Å². The Labute approximate surface area is 119 Å². The SMILES string of the molecule is Cc1ccn2c(CN3CCN(CCO)CC3)cnc2c1. The summed E-state index contributed by atoms with van der Waals surface area (Å²) in [5.74, 6) is 0. The molecule has 1 N–H and O–H groups in total. The lowest BCUT2D eigenvalue weighted by atomic mass is 10.3. The first kappa shape index (κ1) is 13.5. The van der Waals surface area contributed by atoms with Crippen LogP contribution in [0.3, 0.4) is 0 Å². The number of aliphatic hydroxyl groups excluding tert-OH is 1. The van der Waals surface area contributed by atoms with Gasteiger partial charge in [0.2, 0.25) is 0 Å². The molecule has 0 radical (unpaired) electrons. The molecule has 0 unspecified atom stereocenters. The van der Waals surface area contributed by atoms with Gasteiger partial charge >= 0.3 is 0 Å². The van der Waals surface area contributed by atoms with E-state index < -0.39 is 0 Å². The van der Waals surface area contributed by atoms with E-state index in [1.807, 2.05) is 6.20 Å². The highest BCUT2D eigenvalue weighted by Gasteiger charge is 2.17. The fourth-order valence-corrected chi connectivity index (χ4v) is 2.79. The molecule has 0 amide bonds. The number of nitrogens with zero attached hydrogens (tertiary/aromatic N) is 4. The van der Waals surface area contributed by atoms with Crippen molar-refractivity contribution in [3.05, 3.63) is 35.8 Å². The molecule has 0 bridgehead atoms. The van der Waals surface area contributed by atoms with Gasteiger partial charge < -0.3 is 9.51 Å². The molecule has 0 aliphatic carbocycles. The normalized spacial score (nSPS) is 17.9. The van der Waals surface area contributed by atoms with Crippen LogP contribution in [0.15, 0.2) is 24.5 Å². The van der Waals surface area contributed by atoms with Gasteiger partial charge in [0.05, 0.1) is 18.5 Å². The number of aliphatic hydroxyl groups is 1. The fraction of sp³-hybridized carbons (Fsp3) is 0.533. The van der Waals surface area contributed by atoms with Crippen LogP contribution in [0.1, 0.15) is 11.3 Å². The average Bonchev–Trinajstić information content (AvgIpc) is 2.83. The minimum Gasteiger partial charge on any atom is -0.395 e. The summed E-state index contributed by atoms with van der Waals surface area (Å²) in [6, 6.07) is 4.24. The van der Waals surface area contributed by atoms with E-state index in [0.717, 1.165) is 44.9 Å². The van der Waals surface area contributed by atoms with E-state index in [9.17, 15) is 0 Å². The first-order chi connectivity index (χ1) is 9.76. The smallest absolute Gasteiger partial charge is 0.137 e. The molecule has 2 aromatic heterocycles. The Morgan fingerprint density at radius 1 is 1.20 bits per heavy atom. The molecule has 1 fully saturated rings.